The van der Waals surface area contributed by atoms with Crippen LogP contribution in [0.25, 0.3) is 10.9 Å². The van der Waals surface area contributed by atoms with Crippen molar-refractivity contribution in [2.75, 3.05) is 20.3 Å². The van der Waals surface area contributed by atoms with Crippen molar-refractivity contribution >= 4 is 44.6 Å². The van der Waals surface area contributed by atoms with Gasteiger partial charge in [-0.25, -0.2) is 4.98 Å². The van der Waals surface area contributed by atoms with Gasteiger partial charge in [-0.15, -0.1) is 0 Å². The van der Waals surface area contributed by atoms with E-state index in [1.165, 1.54) is 11.8 Å². The van der Waals surface area contributed by atoms with Crippen LogP contribution in [-0.2, 0) is 20.8 Å². The van der Waals surface area contributed by atoms with Crippen molar-refractivity contribution in [1.29, 1.82) is 0 Å². The predicted molar refractivity (Wildman–Crippen MR) is 90.8 cm³/mol. The summed E-state index contributed by atoms with van der Waals surface area (Å²) in [7, 11) is 1.58. The number of hydrogen-bond acceptors (Lipinski definition) is 6. The smallest absolute Gasteiger partial charge is 0.319 e. The second kappa shape index (κ2) is 7.02. The molecule has 1 aromatic heterocycles. The first-order chi connectivity index (χ1) is 11.1. The molecule has 0 unspecified atom stereocenters. The number of thioether (sulfide) groups is 1. The Kier molecular flexibility index (Phi) is 5.03. The number of hydrogen-bond donors (Lipinski definition) is 0. The van der Waals surface area contributed by atoms with Gasteiger partial charge in [-0.05, 0) is 18.2 Å². The van der Waals surface area contributed by atoms with E-state index in [-0.39, 0.29) is 16.8 Å². The zero-order chi connectivity index (χ0) is 16.4. The second-order valence-electron chi connectivity index (χ2n) is 5.07. The van der Waals surface area contributed by atoms with Crippen molar-refractivity contribution in [3.63, 3.8) is 0 Å². The van der Waals surface area contributed by atoms with Crippen LogP contribution in [-0.4, -0.2) is 41.1 Å². The first-order valence-corrected chi connectivity index (χ1v) is 8.80. The van der Waals surface area contributed by atoms with Crippen molar-refractivity contribution < 1.29 is 14.3 Å². The fourth-order valence-corrected chi connectivity index (χ4v) is 3.80. The van der Waals surface area contributed by atoms with Crippen LogP contribution >= 0.6 is 27.7 Å². The number of rotatable bonds is 5. The Morgan fingerprint density at radius 2 is 2.30 bits per heavy atom. The molecule has 23 heavy (non-hydrogen) atoms. The molecule has 8 heteroatoms. The minimum absolute atomic E-state index is 0.137. The van der Waals surface area contributed by atoms with Gasteiger partial charge >= 0.3 is 5.97 Å². The summed E-state index contributed by atoms with van der Waals surface area (Å²) in [5.41, 5.74) is 0.475. The van der Waals surface area contributed by atoms with Gasteiger partial charge in [-0.3, -0.25) is 14.2 Å². The van der Waals surface area contributed by atoms with Crippen LogP contribution in [0.5, 0.6) is 0 Å². The van der Waals surface area contributed by atoms with E-state index < -0.39 is 0 Å². The number of esters is 1. The average Bonchev–Trinajstić information content (AvgIpc) is 2.93. The molecule has 2 aromatic rings. The maximum atomic E-state index is 12.8. The maximum absolute atomic E-state index is 12.8. The minimum Gasteiger partial charge on any atom is -0.465 e. The lowest BCUT2D eigenvalue weighted by Gasteiger charge is -2.14. The lowest BCUT2D eigenvalue weighted by molar-refractivity contribution is -0.137. The Bertz CT molecular complexity index is 808. The third-order valence-corrected chi connectivity index (χ3v) is 5.26. The number of benzene rings is 1. The first-order valence-electron chi connectivity index (χ1n) is 7.12. The molecule has 0 spiro atoms. The molecule has 1 saturated heterocycles. The molecule has 0 radical (unpaired) electrons. The molecule has 0 N–H and O–H groups in total. The molecule has 1 atom stereocenters. The molecule has 1 fully saturated rings. The van der Waals surface area contributed by atoms with Gasteiger partial charge in [0.15, 0.2) is 5.16 Å². The summed E-state index contributed by atoms with van der Waals surface area (Å²) in [6.07, 6.45) is 0.627. The topological polar surface area (TPSA) is 70.4 Å². The van der Waals surface area contributed by atoms with Crippen LogP contribution in [0, 0.1) is 0 Å². The Hall–Kier alpha value is -1.38. The van der Waals surface area contributed by atoms with Gasteiger partial charge in [-0.2, -0.15) is 0 Å². The fourth-order valence-electron chi connectivity index (χ4n) is 2.35. The van der Waals surface area contributed by atoms with E-state index in [2.05, 4.69) is 20.9 Å². The lowest BCUT2D eigenvalue weighted by Crippen LogP contribution is -2.26. The predicted octanol–water partition coefficient (Wildman–Crippen LogP) is 2.21. The zero-order valence-electron chi connectivity index (χ0n) is 12.5. The van der Waals surface area contributed by atoms with E-state index in [1.807, 2.05) is 6.07 Å². The molecule has 122 valence electrons. The number of ether oxygens (including phenoxy) is 2. The molecule has 0 bridgehead atoms. The Balaban J connectivity index is 2.08. The molecule has 0 amide bonds. The van der Waals surface area contributed by atoms with E-state index in [1.54, 1.807) is 23.8 Å². The largest absolute Gasteiger partial charge is 0.465 e. The van der Waals surface area contributed by atoms with E-state index in [0.717, 1.165) is 4.47 Å². The molecule has 1 aliphatic heterocycles. The van der Waals surface area contributed by atoms with Crippen LogP contribution in [0.2, 0.25) is 0 Å². The van der Waals surface area contributed by atoms with Crippen molar-refractivity contribution in [1.82, 2.24) is 9.55 Å². The first kappa shape index (κ1) is 16.5. The maximum Gasteiger partial charge on any atom is 0.319 e. The third kappa shape index (κ3) is 3.44. The highest BCUT2D eigenvalue weighted by atomic mass is 79.9. The minimum atomic E-state index is -0.316. The van der Waals surface area contributed by atoms with E-state index in [0.29, 0.717) is 42.2 Å². The van der Waals surface area contributed by atoms with Crippen LogP contribution in [0.4, 0.5) is 0 Å². The van der Waals surface area contributed by atoms with Gasteiger partial charge in [0.25, 0.3) is 5.56 Å². The normalized spacial score (nSPS) is 17.7. The number of carbonyl (C=O) groups is 1. The summed E-state index contributed by atoms with van der Waals surface area (Å²) in [6, 6.07) is 5.39. The second-order valence-corrected chi connectivity index (χ2v) is 7.15. The van der Waals surface area contributed by atoms with Gasteiger partial charge in [0.2, 0.25) is 0 Å². The number of halogens is 1. The SMILES string of the molecule is COCCn1c(S[C@H]2CCOC2=O)nc2ccc(Br)cc2c1=O. The van der Waals surface area contributed by atoms with Crippen molar-refractivity contribution in [2.24, 2.45) is 0 Å². The summed E-state index contributed by atoms with van der Waals surface area (Å²) in [6.45, 7) is 1.19. The van der Waals surface area contributed by atoms with Gasteiger partial charge in [0.1, 0.15) is 5.25 Å². The molecule has 3 rings (SSSR count). The molecule has 2 heterocycles. The summed E-state index contributed by atoms with van der Waals surface area (Å²) < 4.78 is 12.5. The number of fused-ring (bicyclic) bond motifs is 1. The third-order valence-electron chi connectivity index (χ3n) is 3.54. The van der Waals surface area contributed by atoms with Crippen LogP contribution in [0.15, 0.2) is 32.6 Å². The monoisotopic (exact) mass is 398 g/mol. The summed E-state index contributed by atoms with van der Waals surface area (Å²) in [4.78, 5) is 29.1. The summed E-state index contributed by atoms with van der Waals surface area (Å²) in [5, 5.41) is 0.739. The highest BCUT2D eigenvalue weighted by Crippen LogP contribution is 2.29. The van der Waals surface area contributed by atoms with Gasteiger partial charge in [0, 0.05) is 18.0 Å². The standard InChI is InChI=1S/C15H15BrN2O4S/c1-21-7-5-18-13(19)10-8-9(16)2-3-11(10)17-15(18)23-12-4-6-22-14(12)20/h2-3,8,12H,4-7H2,1H3/t12-/m0/s1. The van der Waals surface area contributed by atoms with E-state index in [4.69, 9.17) is 9.47 Å². The molecule has 0 aliphatic carbocycles. The zero-order valence-corrected chi connectivity index (χ0v) is 14.9. The Labute approximate surface area is 145 Å². The molecule has 1 aromatic carbocycles. The van der Waals surface area contributed by atoms with Crippen molar-refractivity contribution in [3.8, 4) is 0 Å². The number of cyclic esters (lactones) is 1. The molecular formula is C15H15BrN2O4S. The van der Waals surface area contributed by atoms with Crippen molar-refractivity contribution in [3.05, 3.63) is 33.0 Å². The highest BCUT2D eigenvalue weighted by Gasteiger charge is 2.29. The summed E-state index contributed by atoms with van der Waals surface area (Å²) in [5.74, 6) is -0.251. The number of nitrogens with zero attached hydrogens (tertiary/aromatic N) is 2. The Morgan fingerprint density at radius 1 is 1.48 bits per heavy atom. The van der Waals surface area contributed by atoms with Gasteiger partial charge < -0.3 is 9.47 Å². The highest BCUT2D eigenvalue weighted by molar-refractivity contribution is 9.10. The number of carbonyl (C=O) groups excluding carboxylic acids is 1. The lowest BCUT2D eigenvalue weighted by atomic mass is 10.2. The average molecular weight is 399 g/mol. The van der Waals surface area contributed by atoms with Crippen LogP contribution in [0.1, 0.15) is 6.42 Å². The van der Waals surface area contributed by atoms with E-state index >= 15 is 0 Å². The van der Waals surface area contributed by atoms with Gasteiger partial charge in [-0.1, -0.05) is 27.7 Å². The molecule has 1 aliphatic rings. The number of methoxy groups -OCH3 is 1. The van der Waals surface area contributed by atoms with E-state index in [9.17, 15) is 9.59 Å². The van der Waals surface area contributed by atoms with Crippen molar-refractivity contribution in [2.45, 2.75) is 23.4 Å². The Morgan fingerprint density at radius 3 is 3.00 bits per heavy atom. The summed E-state index contributed by atoms with van der Waals surface area (Å²) >= 11 is 4.65. The fraction of sp³-hybridized carbons (Fsp3) is 0.400. The molecule has 0 saturated carbocycles. The number of aromatic nitrogens is 2. The van der Waals surface area contributed by atoms with Crippen LogP contribution in [0.3, 0.4) is 0 Å². The van der Waals surface area contributed by atoms with Crippen LogP contribution < -0.4 is 5.56 Å². The molecule has 6 nitrogen and oxygen atoms in total. The molecular weight excluding hydrogens is 384 g/mol. The quantitative estimate of drug-likeness (QED) is 0.567. The van der Waals surface area contributed by atoms with Gasteiger partial charge in [0.05, 0.1) is 30.7 Å².